The van der Waals surface area contributed by atoms with Gasteiger partial charge < -0.3 is 19.9 Å². The number of carbonyl (C=O) groups is 2. The number of hydrogen-bond donors (Lipinski definition) is 1. The van der Waals surface area contributed by atoms with Crippen molar-refractivity contribution in [2.45, 2.75) is 32.6 Å². The topological polar surface area (TPSA) is 61.9 Å². The second-order valence-corrected chi connectivity index (χ2v) is 5.53. The summed E-state index contributed by atoms with van der Waals surface area (Å²) < 4.78 is 4.96. The van der Waals surface area contributed by atoms with E-state index >= 15 is 0 Å². The Morgan fingerprint density at radius 1 is 1.14 bits per heavy atom. The molecule has 3 amide bonds. The van der Waals surface area contributed by atoms with E-state index in [4.69, 9.17) is 4.74 Å². The van der Waals surface area contributed by atoms with Crippen LogP contribution in [-0.4, -0.2) is 54.7 Å². The molecule has 6 nitrogen and oxygen atoms in total. The highest BCUT2D eigenvalue weighted by molar-refractivity contribution is 5.75. The van der Waals surface area contributed by atoms with Gasteiger partial charge in [-0.25, -0.2) is 9.59 Å². The van der Waals surface area contributed by atoms with Gasteiger partial charge in [0.15, 0.2) is 0 Å². The Labute approximate surface area is 126 Å². The first kappa shape index (κ1) is 15.7. The van der Waals surface area contributed by atoms with Crippen LogP contribution in [0.3, 0.4) is 0 Å². The zero-order valence-electron chi connectivity index (χ0n) is 12.7. The first-order valence-corrected chi connectivity index (χ1v) is 7.84. The molecule has 1 aliphatic heterocycles. The molecule has 1 aliphatic carbocycles. The van der Waals surface area contributed by atoms with E-state index in [1.54, 1.807) is 22.9 Å². The van der Waals surface area contributed by atoms with Crippen LogP contribution in [0.25, 0.3) is 0 Å². The van der Waals surface area contributed by atoms with Crippen molar-refractivity contribution in [1.29, 1.82) is 0 Å². The third-order valence-corrected chi connectivity index (χ3v) is 4.07. The molecule has 2 rings (SSSR count). The largest absolute Gasteiger partial charge is 0.450 e. The lowest BCUT2D eigenvalue weighted by atomic mass is 10.1. The number of urea groups is 1. The molecule has 2 fully saturated rings. The molecule has 2 aliphatic rings. The molecule has 0 unspecified atom stereocenters. The number of rotatable bonds is 3. The molecular formula is C15H25N3O3. The smallest absolute Gasteiger partial charge is 0.409 e. The Morgan fingerprint density at radius 2 is 1.76 bits per heavy atom. The maximum Gasteiger partial charge on any atom is 0.409 e. The van der Waals surface area contributed by atoms with Crippen LogP contribution in [-0.2, 0) is 4.74 Å². The Morgan fingerprint density at radius 3 is 2.38 bits per heavy atom. The zero-order chi connectivity index (χ0) is 15.1. The fourth-order valence-electron chi connectivity index (χ4n) is 2.80. The molecule has 0 radical (unpaired) electrons. The van der Waals surface area contributed by atoms with Crippen LogP contribution in [0.4, 0.5) is 9.59 Å². The van der Waals surface area contributed by atoms with Crippen molar-refractivity contribution in [2.75, 3.05) is 32.8 Å². The van der Waals surface area contributed by atoms with E-state index < -0.39 is 0 Å². The van der Waals surface area contributed by atoms with Gasteiger partial charge in [-0.1, -0.05) is 18.9 Å². The molecule has 0 bridgehead atoms. The molecule has 6 heteroatoms. The Kier molecular flexibility index (Phi) is 5.90. The summed E-state index contributed by atoms with van der Waals surface area (Å²) in [5.41, 5.74) is 0. The van der Waals surface area contributed by atoms with Gasteiger partial charge in [-0.3, -0.25) is 0 Å². The van der Waals surface area contributed by atoms with Crippen molar-refractivity contribution in [2.24, 2.45) is 5.92 Å². The second kappa shape index (κ2) is 7.90. The summed E-state index contributed by atoms with van der Waals surface area (Å²) in [5.74, 6) is 0.617. The van der Waals surface area contributed by atoms with E-state index in [9.17, 15) is 9.59 Å². The minimum absolute atomic E-state index is 0.0900. The number of hydrogen-bond acceptors (Lipinski definition) is 3. The van der Waals surface area contributed by atoms with Gasteiger partial charge in [0.25, 0.3) is 0 Å². The van der Waals surface area contributed by atoms with Gasteiger partial charge in [0, 0.05) is 32.4 Å². The number of allylic oxidation sites excluding steroid dienone is 1. The summed E-state index contributed by atoms with van der Waals surface area (Å²) in [6, 6.07) is -0.0900. The van der Waals surface area contributed by atoms with E-state index in [1.807, 2.05) is 0 Å². The van der Waals surface area contributed by atoms with Gasteiger partial charge in [-0.05, 0) is 25.7 Å². The lowest BCUT2D eigenvalue weighted by molar-refractivity contribution is 0.0856. The normalized spacial score (nSPS) is 20.0. The Balaban J connectivity index is 1.69. The van der Waals surface area contributed by atoms with E-state index in [-0.39, 0.29) is 12.1 Å². The van der Waals surface area contributed by atoms with Gasteiger partial charge in [0.2, 0.25) is 0 Å². The molecule has 0 aromatic carbocycles. The summed E-state index contributed by atoms with van der Waals surface area (Å²) in [7, 11) is 0. The zero-order valence-corrected chi connectivity index (χ0v) is 12.7. The van der Waals surface area contributed by atoms with Crippen LogP contribution in [0.15, 0.2) is 12.3 Å². The number of carbonyl (C=O) groups excluding carboxylic acids is 2. The van der Waals surface area contributed by atoms with Gasteiger partial charge in [-0.2, -0.15) is 0 Å². The van der Waals surface area contributed by atoms with Crippen LogP contribution in [0.1, 0.15) is 32.6 Å². The third-order valence-electron chi connectivity index (χ3n) is 4.07. The van der Waals surface area contributed by atoms with Gasteiger partial charge in [-0.15, -0.1) is 0 Å². The molecule has 1 heterocycles. The summed E-state index contributed by atoms with van der Waals surface area (Å²) in [5, 5.41) is 2.82. The lowest BCUT2D eigenvalue weighted by Gasteiger charge is -2.33. The standard InChI is InChI=1S/C15H25N3O3/c1-2-21-15(20)18-11-9-17(10-12-18)14(19)16-8-7-13-5-3-4-6-13/h7-8,13H,2-6,9-12H2,1H3,(H,16,19)/b8-7+. The molecule has 21 heavy (non-hydrogen) atoms. The predicted molar refractivity (Wildman–Crippen MR) is 79.8 cm³/mol. The number of nitrogens with zero attached hydrogens (tertiary/aromatic N) is 2. The third kappa shape index (κ3) is 4.65. The van der Waals surface area contributed by atoms with E-state index in [2.05, 4.69) is 11.4 Å². The van der Waals surface area contributed by atoms with E-state index in [0.717, 1.165) is 0 Å². The van der Waals surface area contributed by atoms with Gasteiger partial charge in [0.1, 0.15) is 0 Å². The van der Waals surface area contributed by atoms with Crippen molar-refractivity contribution in [3.05, 3.63) is 12.3 Å². The lowest BCUT2D eigenvalue weighted by Crippen LogP contribution is -2.52. The van der Waals surface area contributed by atoms with Crippen molar-refractivity contribution in [3.8, 4) is 0 Å². The molecule has 0 aromatic heterocycles. The molecule has 0 atom stereocenters. The monoisotopic (exact) mass is 295 g/mol. The predicted octanol–water partition coefficient (Wildman–Crippen LogP) is 2.17. The molecule has 118 valence electrons. The van der Waals surface area contributed by atoms with Crippen molar-refractivity contribution >= 4 is 12.1 Å². The Hall–Kier alpha value is -1.72. The maximum absolute atomic E-state index is 12.0. The van der Waals surface area contributed by atoms with Gasteiger partial charge >= 0.3 is 12.1 Å². The second-order valence-electron chi connectivity index (χ2n) is 5.53. The number of amides is 3. The molecule has 0 aromatic rings. The highest BCUT2D eigenvalue weighted by Gasteiger charge is 2.24. The van der Waals surface area contributed by atoms with E-state index in [1.165, 1.54) is 25.7 Å². The molecule has 0 spiro atoms. The minimum atomic E-state index is -0.293. The molecule has 1 saturated heterocycles. The number of ether oxygens (including phenoxy) is 1. The van der Waals surface area contributed by atoms with Crippen LogP contribution in [0.5, 0.6) is 0 Å². The fourth-order valence-corrected chi connectivity index (χ4v) is 2.80. The van der Waals surface area contributed by atoms with Crippen molar-refractivity contribution in [1.82, 2.24) is 15.1 Å². The Bertz CT molecular complexity index is 384. The summed E-state index contributed by atoms with van der Waals surface area (Å²) >= 11 is 0. The average Bonchev–Trinajstić information content (AvgIpc) is 3.01. The van der Waals surface area contributed by atoms with Crippen LogP contribution in [0.2, 0.25) is 0 Å². The molecule has 1 saturated carbocycles. The SMILES string of the molecule is CCOC(=O)N1CCN(C(=O)N/C=C/C2CCCC2)CC1. The van der Waals surface area contributed by atoms with Crippen LogP contribution < -0.4 is 5.32 Å². The minimum Gasteiger partial charge on any atom is -0.450 e. The fraction of sp³-hybridized carbons (Fsp3) is 0.733. The highest BCUT2D eigenvalue weighted by Crippen LogP contribution is 2.25. The maximum atomic E-state index is 12.0. The van der Waals surface area contributed by atoms with Crippen molar-refractivity contribution < 1.29 is 14.3 Å². The van der Waals surface area contributed by atoms with Crippen molar-refractivity contribution in [3.63, 3.8) is 0 Å². The van der Waals surface area contributed by atoms with E-state index in [0.29, 0.717) is 38.7 Å². The first-order chi connectivity index (χ1) is 10.2. The number of nitrogens with one attached hydrogen (secondary N) is 1. The van der Waals surface area contributed by atoms with Crippen LogP contribution in [0, 0.1) is 5.92 Å². The van der Waals surface area contributed by atoms with Crippen LogP contribution >= 0.6 is 0 Å². The summed E-state index contributed by atoms with van der Waals surface area (Å²) in [6.07, 6.45) is 8.61. The highest BCUT2D eigenvalue weighted by atomic mass is 16.6. The quantitative estimate of drug-likeness (QED) is 0.868. The first-order valence-electron chi connectivity index (χ1n) is 7.84. The molecule has 1 N–H and O–H groups in total. The summed E-state index contributed by atoms with van der Waals surface area (Å²) in [4.78, 5) is 26.9. The average molecular weight is 295 g/mol. The summed E-state index contributed by atoms with van der Waals surface area (Å²) in [6.45, 7) is 4.31. The van der Waals surface area contributed by atoms with Gasteiger partial charge in [0.05, 0.1) is 6.61 Å². The number of piperazine rings is 1. The molecular weight excluding hydrogens is 270 g/mol.